The first kappa shape index (κ1) is 12.6. The van der Waals surface area contributed by atoms with Crippen LogP contribution in [0.1, 0.15) is 5.56 Å². The van der Waals surface area contributed by atoms with E-state index >= 15 is 0 Å². The lowest BCUT2D eigenvalue weighted by atomic mass is 9.96. The third-order valence-corrected chi connectivity index (χ3v) is 4.75. The van der Waals surface area contributed by atoms with Crippen molar-refractivity contribution >= 4 is 43.5 Å². The van der Waals surface area contributed by atoms with Crippen molar-refractivity contribution in [3.05, 3.63) is 78.4 Å². The first-order valence-corrected chi connectivity index (χ1v) is 7.88. The monoisotopic (exact) mass is 295 g/mol. The first-order valence-electron chi connectivity index (χ1n) is 7.88. The van der Waals surface area contributed by atoms with Crippen LogP contribution in [0.3, 0.4) is 0 Å². The average molecular weight is 295 g/mol. The van der Waals surface area contributed by atoms with Gasteiger partial charge in [0.05, 0.1) is 10.8 Å². The van der Waals surface area contributed by atoms with Gasteiger partial charge in [0.25, 0.3) is 0 Å². The Hall–Kier alpha value is -2.93. The molecule has 0 radical (unpaired) electrons. The lowest BCUT2D eigenvalue weighted by Gasteiger charge is -2.05. The predicted molar refractivity (Wildman–Crippen MR) is 97.9 cm³/mol. The Morgan fingerprint density at radius 2 is 1.04 bits per heavy atom. The SMILES string of the molecule is Cc1c2c(ccc3ccccc32)[o+]c2ccc3ccccc3c12. The zero-order valence-electron chi connectivity index (χ0n) is 12.8. The molecule has 23 heavy (non-hydrogen) atoms. The molecule has 1 heteroatoms. The van der Waals surface area contributed by atoms with Gasteiger partial charge in [0.2, 0.25) is 0 Å². The molecule has 0 aliphatic carbocycles. The van der Waals surface area contributed by atoms with Gasteiger partial charge in [-0.2, -0.15) is 0 Å². The van der Waals surface area contributed by atoms with Crippen molar-refractivity contribution < 1.29 is 4.42 Å². The third kappa shape index (κ3) is 1.71. The number of aryl methyl sites for hydroxylation is 1. The Bertz CT molecular complexity index is 1120. The summed E-state index contributed by atoms with van der Waals surface area (Å²) in [6, 6.07) is 25.4. The minimum atomic E-state index is 0.948. The summed E-state index contributed by atoms with van der Waals surface area (Å²) in [4.78, 5) is 0. The molecular weight excluding hydrogens is 280 g/mol. The summed E-state index contributed by atoms with van der Waals surface area (Å²) in [6.45, 7) is 2.21. The molecule has 0 bridgehead atoms. The fourth-order valence-electron chi connectivity index (χ4n) is 3.69. The summed E-state index contributed by atoms with van der Waals surface area (Å²) in [5, 5.41) is 7.43. The third-order valence-electron chi connectivity index (χ3n) is 4.75. The minimum absolute atomic E-state index is 0.948. The lowest BCUT2D eigenvalue weighted by molar-refractivity contribution is 0.661. The highest BCUT2D eigenvalue weighted by molar-refractivity contribution is 6.16. The summed E-state index contributed by atoms with van der Waals surface area (Å²) in [7, 11) is 0. The van der Waals surface area contributed by atoms with Gasteiger partial charge >= 0.3 is 11.2 Å². The van der Waals surface area contributed by atoms with Crippen LogP contribution >= 0.6 is 0 Å². The van der Waals surface area contributed by atoms with Crippen molar-refractivity contribution in [1.29, 1.82) is 0 Å². The molecule has 1 aromatic heterocycles. The zero-order valence-corrected chi connectivity index (χ0v) is 12.8. The molecule has 5 aromatic rings. The van der Waals surface area contributed by atoms with Crippen LogP contribution in [0, 0.1) is 6.92 Å². The predicted octanol–water partition coefficient (Wildman–Crippen LogP) is 6.48. The molecule has 0 atom stereocenters. The van der Waals surface area contributed by atoms with Gasteiger partial charge < -0.3 is 0 Å². The second-order valence-corrected chi connectivity index (χ2v) is 6.05. The Kier molecular flexibility index (Phi) is 2.48. The van der Waals surface area contributed by atoms with E-state index in [-0.39, 0.29) is 0 Å². The van der Waals surface area contributed by atoms with Gasteiger partial charge in [0, 0.05) is 12.1 Å². The van der Waals surface area contributed by atoms with Gasteiger partial charge in [-0.05, 0) is 46.2 Å². The molecule has 108 valence electrons. The maximum Gasteiger partial charge on any atom is 0.361 e. The molecule has 0 amide bonds. The molecule has 0 N–H and O–H groups in total. The van der Waals surface area contributed by atoms with E-state index < -0.39 is 0 Å². The molecule has 0 saturated carbocycles. The summed E-state index contributed by atoms with van der Waals surface area (Å²) in [6.07, 6.45) is 0. The Morgan fingerprint density at radius 3 is 1.57 bits per heavy atom. The molecule has 0 unspecified atom stereocenters. The maximum atomic E-state index is 6.24. The molecule has 1 nitrogen and oxygen atoms in total. The summed E-state index contributed by atoms with van der Waals surface area (Å²) < 4.78 is 6.24. The molecule has 5 rings (SSSR count). The standard InChI is InChI=1S/C22H15O/c1-14-21-17-8-4-2-6-15(17)10-12-19(21)23-20-13-11-16-7-3-5-9-18(16)22(14)20/h2-13H,1H3/q+1. The van der Waals surface area contributed by atoms with Crippen LogP contribution in [0.4, 0.5) is 0 Å². The topological polar surface area (TPSA) is 11.3 Å². The van der Waals surface area contributed by atoms with E-state index in [4.69, 9.17) is 4.42 Å². The van der Waals surface area contributed by atoms with E-state index in [2.05, 4.69) is 79.7 Å². The number of rotatable bonds is 0. The molecule has 4 aromatic carbocycles. The highest BCUT2D eigenvalue weighted by Crippen LogP contribution is 2.36. The van der Waals surface area contributed by atoms with Gasteiger partial charge in [0.15, 0.2) is 0 Å². The van der Waals surface area contributed by atoms with E-state index in [1.807, 2.05) is 0 Å². The van der Waals surface area contributed by atoms with Crippen LogP contribution in [0.25, 0.3) is 43.5 Å². The van der Waals surface area contributed by atoms with Crippen LogP contribution in [-0.4, -0.2) is 0 Å². The summed E-state index contributed by atoms with van der Waals surface area (Å²) in [5.41, 5.74) is 3.18. The van der Waals surface area contributed by atoms with Crippen molar-refractivity contribution in [1.82, 2.24) is 0 Å². The van der Waals surface area contributed by atoms with E-state index in [9.17, 15) is 0 Å². The fourth-order valence-corrected chi connectivity index (χ4v) is 3.69. The van der Waals surface area contributed by atoms with Gasteiger partial charge in [-0.25, -0.2) is 4.42 Å². The van der Waals surface area contributed by atoms with Crippen LogP contribution in [-0.2, 0) is 0 Å². The Balaban J connectivity index is 2.11. The van der Waals surface area contributed by atoms with Gasteiger partial charge in [-0.15, -0.1) is 0 Å². The highest BCUT2D eigenvalue weighted by Gasteiger charge is 2.20. The first-order chi connectivity index (χ1) is 11.3. The fraction of sp³-hybridized carbons (Fsp3) is 0.0455. The average Bonchev–Trinajstić information content (AvgIpc) is 2.61. The number of hydrogen-bond acceptors (Lipinski definition) is 0. The van der Waals surface area contributed by atoms with Crippen LogP contribution in [0.15, 0.2) is 77.2 Å². The van der Waals surface area contributed by atoms with E-state index in [0.29, 0.717) is 0 Å². The Morgan fingerprint density at radius 1 is 0.565 bits per heavy atom. The molecule has 0 aliphatic rings. The number of fused-ring (bicyclic) bond motifs is 6. The van der Waals surface area contributed by atoms with Crippen molar-refractivity contribution in [2.45, 2.75) is 6.92 Å². The second kappa shape index (κ2) is 4.53. The summed E-state index contributed by atoms with van der Waals surface area (Å²) in [5.74, 6) is 0. The van der Waals surface area contributed by atoms with E-state index in [1.54, 1.807) is 0 Å². The molecule has 1 heterocycles. The molecule has 0 fully saturated rings. The van der Waals surface area contributed by atoms with Gasteiger partial charge in [0.1, 0.15) is 0 Å². The van der Waals surface area contributed by atoms with Crippen molar-refractivity contribution in [3.63, 3.8) is 0 Å². The number of benzene rings is 4. The molecule has 0 spiro atoms. The lowest BCUT2D eigenvalue weighted by Crippen LogP contribution is -1.87. The molecular formula is C22H15O+. The Labute approximate surface area is 133 Å². The zero-order chi connectivity index (χ0) is 15.4. The quantitative estimate of drug-likeness (QED) is 0.181. The maximum absolute atomic E-state index is 6.24. The summed E-state index contributed by atoms with van der Waals surface area (Å²) >= 11 is 0. The van der Waals surface area contributed by atoms with Gasteiger partial charge in [-0.1, -0.05) is 48.5 Å². The smallest absolute Gasteiger partial charge is 0.207 e. The van der Waals surface area contributed by atoms with E-state index in [1.165, 1.54) is 37.9 Å². The largest absolute Gasteiger partial charge is 0.361 e. The normalized spacial score (nSPS) is 11.7. The second-order valence-electron chi connectivity index (χ2n) is 6.05. The van der Waals surface area contributed by atoms with Crippen LogP contribution in [0.2, 0.25) is 0 Å². The molecule has 0 aliphatic heterocycles. The van der Waals surface area contributed by atoms with E-state index in [0.717, 1.165) is 11.2 Å². The van der Waals surface area contributed by atoms with Crippen molar-refractivity contribution in [2.75, 3.05) is 0 Å². The highest BCUT2D eigenvalue weighted by atomic mass is 16.3. The minimum Gasteiger partial charge on any atom is -0.207 e. The van der Waals surface area contributed by atoms with Crippen molar-refractivity contribution in [3.8, 4) is 0 Å². The van der Waals surface area contributed by atoms with Gasteiger partial charge in [-0.3, -0.25) is 0 Å². The van der Waals surface area contributed by atoms with Crippen LogP contribution < -0.4 is 0 Å². The van der Waals surface area contributed by atoms with Crippen LogP contribution in [0.5, 0.6) is 0 Å². The number of hydrogen-bond donors (Lipinski definition) is 0. The van der Waals surface area contributed by atoms with Crippen molar-refractivity contribution in [2.24, 2.45) is 0 Å². The molecule has 0 saturated heterocycles.